The van der Waals surface area contributed by atoms with E-state index in [1.165, 1.54) is 48.5 Å². The van der Waals surface area contributed by atoms with Crippen LogP contribution in [0.4, 0.5) is 0 Å². The van der Waals surface area contributed by atoms with Crippen LogP contribution in [0.5, 0.6) is 17.2 Å². The van der Waals surface area contributed by atoms with E-state index in [1.807, 2.05) is 0 Å². The summed E-state index contributed by atoms with van der Waals surface area (Å²) in [7, 11) is 0. The molecule has 0 radical (unpaired) electrons. The van der Waals surface area contributed by atoms with Crippen LogP contribution in [0.3, 0.4) is 0 Å². The number of ether oxygens (including phenoxy) is 2. The van der Waals surface area contributed by atoms with Crippen LogP contribution in [0, 0.1) is 5.41 Å². The van der Waals surface area contributed by atoms with Crippen LogP contribution in [0.25, 0.3) is 0 Å². The number of hydrogen-bond acceptors (Lipinski definition) is 5. The molecule has 0 fully saturated rings. The van der Waals surface area contributed by atoms with Crippen molar-refractivity contribution in [1.82, 2.24) is 0 Å². The van der Waals surface area contributed by atoms with Crippen LogP contribution in [0.15, 0.2) is 48.5 Å². The fraction of sp³-hybridized carbons (Fsp3) is 0.222. The summed E-state index contributed by atoms with van der Waals surface area (Å²) in [4.78, 5) is 23.8. The number of rotatable bonds is 3. The first-order chi connectivity index (χ1) is 10.8. The van der Waals surface area contributed by atoms with Gasteiger partial charge in [-0.05, 0) is 69.3 Å². The minimum atomic E-state index is -0.601. The molecule has 1 N–H and O–H groups in total. The average Bonchev–Trinajstić information content (AvgIpc) is 2.49. The molecular formula is C18H18O5. The van der Waals surface area contributed by atoms with E-state index in [1.54, 1.807) is 20.8 Å². The van der Waals surface area contributed by atoms with Crippen molar-refractivity contribution in [2.45, 2.75) is 20.8 Å². The normalized spacial score (nSPS) is 10.9. The third kappa shape index (κ3) is 4.57. The topological polar surface area (TPSA) is 72.8 Å². The minimum absolute atomic E-state index is 0.0924. The van der Waals surface area contributed by atoms with Crippen LogP contribution < -0.4 is 9.47 Å². The van der Waals surface area contributed by atoms with Gasteiger partial charge in [0.2, 0.25) is 0 Å². The molecule has 2 aromatic rings. The van der Waals surface area contributed by atoms with Gasteiger partial charge in [0.1, 0.15) is 17.2 Å². The molecule has 0 amide bonds. The Kier molecular flexibility index (Phi) is 4.69. The number of hydrogen-bond donors (Lipinski definition) is 1. The number of esters is 2. The van der Waals surface area contributed by atoms with Crippen molar-refractivity contribution in [3.05, 3.63) is 54.1 Å². The minimum Gasteiger partial charge on any atom is -0.508 e. The second kappa shape index (κ2) is 6.52. The molecule has 0 saturated carbocycles. The van der Waals surface area contributed by atoms with E-state index in [-0.39, 0.29) is 11.7 Å². The summed E-state index contributed by atoms with van der Waals surface area (Å²) in [6.45, 7) is 5.29. The maximum Gasteiger partial charge on any atom is 0.343 e. The molecule has 0 saturated heterocycles. The Morgan fingerprint density at radius 3 is 1.83 bits per heavy atom. The highest BCUT2D eigenvalue weighted by atomic mass is 16.5. The molecule has 2 rings (SSSR count). The van der Waals surface area contributed by atoms with Crippen molar-refractivity contribution in [2.75, 3.05) is 0 Å². The molecule has 120 valence electrons. The predicted molar refractivity (Wildman–Crippen MR) is 84.6 cm³/mol. The summed E-state index contributed by atoms with van der Waals surface area (Å²) in [5, 5.41) is 9.19. The van der Waals surface area contributed by atoms with Crippen LogP contribution in [-0.2, 0) is 4.79 Å². The maximum atomic E-state index is 12.0. The first-order valence-electron chi connectivity index (χ1n) is 7.09. The Morgan fingerprint density at radius 1 is 0.826 bits per heavy atom. The zero-order valence-electron chi connectivity index (χ0n) is 13.2. The summed E-state index contributed by atoms with van der Waals surface area (Å²) in [6.07, 6.45) is 0. The highest BCUT2D eigenvalue weighted by molar-refractivity contribution is 5.91. The van der Waals surface area contributed by atoms with Gasteiger partial charge in [0, 0.05) is 0 Å². The van der Waals surface area contributed by atoms with E-state index in [4.69, 9.17) is 9.47 Å². The van der Waals surface area contributed by atoms with Gasteiger partial charge in [-0.1, -0.05) is 0 Å². The molecule has 5 heteroatoms. The van der Waals surface area contributed by atoms with E-state index in [2.05, 4.69) is 0 Å². The van der Waals surface area contributed by atoms with Gasteiger partial charge in [0.05, 0.1) is 11.0 Å². The standard InChI is InChI=1S/C18H18O5/c1-18(2,3)17(21)23-15-8-4-12(5-9-15)16(20)22-14-10-6-13(19)7-11-14/h4-11,19H,1-3H3. The monoisotopic (exact) mass is 314 g/mol. The third-order valence-corrected chi connectivity index (χ3v) is 2.96. The van der Waals surface area contributed by atoms with Crippen molar-refractivity contribution < 1.29 is 24.2 Å². The zero-order chi connectivity index (χ0) is 17.0. The van der Waals surface area contributed by atoms with Crippen molar-refractivity contribution in [3.8, 4) is 17.2 Å². The van der Waals surface area contributed by atoms with Gasteiger partial charge in [-0.15, -0.1) is 0 Å². The Labute approximate surface area is 134 Å². The lowest BCUT2D eigenvalue weighted by Gasteiger charge is -2.16. The van der Waals surface area contributed by atoms with Gasteiger partial charge in [0.15, 0.2) is 0 Å². The van der Waals surface area contributed by atoms with Gasteiger partial charge in [-0.2, -0.15) is 0 Å². The Morgan fingerprint density at radius 2 is 1.30 bits per heavy atom. The lowest BCUT2D eigenvalue weighted by molar-refractivity contribution is -0.142. The molecule has 0 atom stereocenters. The molecule has 0 bridgehead atoms. The quantitative estimate of drug-likeness (QED) is 0.692. The highest BCUT2D eigenvalue weighted by Crippen LogP contribution is 2.21. The van der Waals surface area contributed by atoms with Gasteiger partial charge < -0.3 is 14.6 Å². The summed E-state index contributed by atoms with van der Waals surface area (Å²) < 4.78 is 10.4. The molecule has 0 spiro atoms. The zero-order valence-corrected chi connectivity index (χ0v) is 13.2. The highest BCUT2D eigenvalue weighted by Gasteiger charge is 2.23. The van der Waals surface area contributed by atoms with Crippen molar-refractivity contribution >= 4 is 11.9 Å². The molecule has 0 unspecified atom stereocenters. The van der Waals surface area contributed by atoms with E-state index in [9.17, 15) is 14.7 Å². The third-order valence-electron chi connectivity index (χ3n) is 2.96. The summed E-state index contributed by atoms with van der Waals surface area (Å²) in [6, 6.07) is 12.0. The average molecular weight is 314 g/mol. The molecule has 23 heavy (non-hydrogen) atoms. The Bertz CT molecular complexity index is 694. The molecule has 0 aliphatic rings. The smallest absolute Gasteiger partial charge is 0.343 e. The lowest BCUT2D eigenvalue weighted by atomic mass is 9.97. The summed E-state index contributed by atoms with van der Waals surface area (Å²) in [5.41, 5.74) is -0.273. The van der Waals surface area contributed by atoms with Crippen LogP contribution in [0.2, 0.25) is 0 Å². The largest absolute Gasteiger partial charge is 0.508 e. The number of carbonyl (C=O) groups is 2. The molecule has 0 aromatic heterocycles. The fourth-order valence-electron chi connectivity index (χ4n) is 1.60. The van der Waals surface area contributed by atoms with Crippen molar-refractivity contribution in [2.24, 2.45) is 5.41 Å². The van der Waals surface area contributed by atoms with E-state index >= 15 is 0 Å². The van der Waals surface area contributed by atoms with E-state index in [0.717, 1.165) is 0 Å². The van der Waals surface area contributed by atoms with Gasteiger partial charge in [0.25, 0.3) is 0 Å². The molecule has 0 aliphatic heterocycles. The van der Waals surface area contributed by atoms with Crippen molar-refractivity contribution in [1.29, 1.82) is 0 Å². The second-order valence-electron chi connectivity index (χ2n) is 6.05. The van der Waals surface area contributed by atoms with Gasteiger partial charge >= 0.3 is 11.9 Å². The number of benzene rings is 2. The first-order valence-corrected chi connectivity index (χ1v) is 7.09. The van der Waals surface area contributed by atoms with Crippen LogP contribution in [-0.4, -0.2) is 17.0 Å². The van der Waals surface area contributed by atoms with Crippen LogP contribution in [0.1, 0.15) is 31.1 Å². The molecule has 0 heterocycles. The van der Waals surface area contributed by atoms with Crippen LogP contribution >= 0.6 is 0 Å². The number of phenols is 1. The number of carbonyl (C=O) groups excluding carboxylic acids is 2. The second-order valence-corrected chi connectivity index (χ2v) is 6.05. The maximum absolute atomic E-state index is 12.0. The predicted octanol–water partition coefficient (Wildman–Crippen LogP) is 3.56. The molecule has 5 nitrogen and oxygen atoms in total. The van der Waals surface area contributed by atoms with Crippen molar-refractivity contribution in [3.63, 3.8) is 0 Å². The Hall–Kier alpha value is -2.82. The SMILES string of the molecule is CC(C)(C)C(=O)Oc1ccc(C(=O)Oc2ccc(O)cc2)cc1. The fourth-order valence-corrected chi connectivity index (χ4v) is 1.60. The number of phenolic OH excluding ortho intramolecular Hbond substituents is 1. The number of aromatic hydroxyl groups is 1. The molecule has 2 aromatic carbocycles. The lowest BCUT2D eigenvalue weighted by Crippen LogP contribution is -2.25. The first kappa shape index (κ1) is 16.5. The summed E-state index contributed by atoms with van der Waals surface area (Å²) in [5.74, 6) is -0.0988. The van der Waals surface area contributed by atoms with Gasteiger partial charge in [-0.25, -0.2) is 4.79 Å². The summed E-state index contributed by atoms with van der Waals surface area (Å²) >= 11 is 0. The molecular weight excluding hydrogens is 296 g/mol. The van der Waals surface area contributed by atoms with E-state index < -0.39 is 11.4 Å². The van der Waals surface area contributed by atoms with Gasteiger partial charge in [-0.3, -0.25) is 4.79 Å². The Balaban J connectivity index is 2.02. The van der Waals surface area contributed by atoms with E-state index in [0.29, 0.717) is 17.1 Å². The molecule has 0 aliphatic carbocycles.